The van der Waals surface area contributed by atoms with Crippen molar-refractivity contribution in [1.29, 1.82) is 0 Å². The average Bonchev–Trinajstić information content (AvgIpc) is 3.43. The maximum Gasteiger partial charge on any atom is 0.316 e. The van der Waals surface area contributed by atoms with Crippen LogP contribution in [0.3, 0.4) is 0 Å². The predicted molar refractivity (Wildman–Crippen MR) is 123 cm³/mol. The van der Waals surface area contributed by atoms with Crippen molar-refractivity contribution in [3.63, 3.8) is 0 Å². The molecule has 32 heavy (non-hydrogen) atoms. The summed E-state index contributed by atoms with van der Waals surface area (Å²) in [6, 6.07) is 19.0. The van der Waals surface area contributed by atoms with Crippen molar-refractivity contribution in [1.82, 2.24) is 14.9 Å². The maximum atomic E-state index is 12.2. The first-order valence-electron chi connectivity index (χ1n) is 9.86. The first-order chi connectivity index (χ1) is 15.6. The lowest BCUT2D eigenvalue weighted by atomic mass is 10.2. The molecular formula is C23H20ClN3O4S. The van der Waals surface area contributed by atoms with Gasteiger partial charge in [0.15, 0.2) is 11.8 Å². The number of nitrogens with zero attached hydrogens (tertiary/aromatic N) is 2. The molecule has 4 aromatic rings. The molecule has 0 saturated heterocycles. The summed E-state index contributed by atoms with van der Waals surface area (Å²) in [6.07, 6.45) is 1.53. The van der Waals surface area contributed by atoms with Gasteiger partial charge in [-0.05, 0) is 35.9 Å². The second-order valence-corrected chi connectivity index (χ2v) is 8.28. The van der Waals surface area contributed by atoms with Crippen molar-refractivity contribution in [3.05, 3.63) is 83.3 Å². The molecule has 2 heterocycles. The lowest BCUT2D eigenvalue weighted by Gasteiger charge is -2.09. The summed E-state index contributed by atoms with van der Waals surface area (Å²) in [6.45, 7) is 0.492. The molecule has 0 unspecified atom stereocenters. The van der Waals surface area contributed by atoms with Crippen molar-refractivity contribution < 1.29 is 18.7 Å². The molecule has 0 bridgehead atoms. The van der Waals surface area contributed by atoms with Crippen LogP contribution in [0.2, 0.25) is 5.02 Å². The zero-order valence-electron chi connectivity index (χ0n) is 17.0. The molecule has 0 radical (unpaired) electrons. The molecule has 1 amide bonds. The molecule has 9 heteroatoms. The fraction of sp³-hybridized carbons (Fsp3) is 0.174. The van der Waals surface area contributed by atoms with Crippen LogP contribution < -0.4 is 5.32 Å². The van der Waals surface area contributed by atoms with Crippen molar-refractivity contribution in [2.45, 2.75) is 18.2 Å². The molecule has 0 aliphatic rings. The van der Waals surface area contributed by atoms with Gasteiger partial charge in [-0.15, -0.1) is 0 Å². The summed E-state index contributed by atoms with van der Waals surface area (Å²) < 4.78 is 12.3. The Balaban J connectivity index is 1.37. The van der Waals surface area contributed by atoms with E-state index >= 15 is 0 Å². The third-order valence-electron chi connectivity index (χ3n) is 4.58. The first-order valence-corrected chi connectivity index (χ1v) is 11.2. The Morgan fingerprint density at radius 1 is 1.12 bits per heavy atom. The highest BCUT2D eigenvalue weighted by Crippen LogP contribution is 2.27. The lowest BCUT2D eigenvalue weighted by Crippen LogP contribution is -2.28. The standard InChI is InChI=1S/C23H20ClN3O4S/c24-17-8-9-20-19(11-17)26-23(27(20)13-16-5-2-1-3-6-16)32-15-22(29)31-14-21(28)25-12-18-7-4-10-30-18/h1-11H,12-15H2,(H,25,28). The van der Waals surface area contributed by atoms with Crippen LogP contribution >= 0.6 is 23.4 Å². The summed E-state index contributed by atoms with van der Waals surface area (Å²) >= 11 is 7.38. The number of benzene rings is 2. The van der Waals surface area contributed by atoms with Crippen LogP contribution in [0.5, 0.6) is 0 Å². The second kappa shape index (κ2) is 10.4. The van der Waals surface area contributed by atoms with Gasteiger partial charge in [-0.25, -0.2) is 4.98 Å². The maximum absolute atomic E-state index is 12.2. The number of imidazole rings is 1. The van der Waals surface area contributed by atoms with E-state index in [9.17, 15) is 9.59 Å². The van der Waals surface area contributed by atoms with Gasteiger partial charge in [-0.3, -0.25) is 9.59 Å². The normalized spacial score (nSPS) is 10.9. The molecule has 0 atom stereocenters. The number of thioether (sulfide) groups is 1. The van der Waals surface area contributed by atoms with E-state index in [0.29, 0.717) is 22.5 Å². The van der Waals surface area contributed by atoms with Crippen molar-refractivity contribution >= 4 is 46.3 Å². The number of ether oxygens (including phenoxy) is 1. The summed E-state index contributed by atoms with van der Waals surface area (Å²) in [5.74, 6) is -0.250. The van der Waals surface area contributed by atoms with Crippen molar-refractivity contribution in [2.75, 3.05) is 12.4 Å². The molecule has 0 spiro atoms. The van der Waals surface area contributed by atoms with Crippen LogP contribution in [0.25, 0.3) is 11.0 Å². The number of esters is 1. The number of hydrogen-bond donors (Lipinski definition) is 1. The number of rotatable bonds is 9. The Hall–Kier alpha value is -3.23. The van der Waals surface area contributed by atoms with Gasteiger partial charge in [-0.2, -0.15) is 0 Å². The van der Waals surface area contributed by atoms with Crippen LogP contribution in [-0.2, 0) is 27.4 Å². The molecular weight excluding hydrogens is 450 g/mol. The van der Waals surface area contributed by atoms with Crippen LogP contribution in [0.1, 0.15) is 11.3 Å². The molecule has 4 rings (SSSR count). The van der Waals surface area contributed by atoms with Crippen LogP contribution in [0, 0.1) is 0 Å². The van der Waals surface area contributed by atoms with Gasteiger partial charge >= 0.3 is 5.97 Å². The number of aromatic nitrogens is 2. The smallest absolute Gasteiger partial charge is 0.316 e. The largest absolute Gasteiger partial charge is 0.467 e. The third kappa shape index (κ3) is 5.72. The summed E-state index contributed by atoms with van der Waals surface area (Å²) in [5.41, 5.74) is 2.78. The van der Waals surface area contributed by atoms with E-state index in [1.807, 2.05) is 47.0 Å². The molecule has 2 aromatic carbocycles. The molecule has 0 saturated carbocycles. The second-order valence-electron chi connectivity index (χ2n) is 6.90. The molecule has 0 fully saturated rings. The van der Waals surface area contributed by atoms with Crippen molar-refractivity contribution in [2.24, 2.45) is 0 Å². The minimum atomic E-state index is -0.500. The number of amides is 1. The molecule has 2 aromatic heterocycles. The van der Waals surface area contributed by atoms with Gasteiger partial charge in [-0.1, -0.05) is 53.7 Å². The van der Waals surface area contributed by atoms with Gasteiger partial charge in [0.2, 0.25) is 0 Å². The van der Waals surface area contributed by atoms with E-state index in [2.05, 4.69) is 10.3 Å². The Morgan fingerprint density at radius 3 is 2.75 bits per heavy atom. The van der Waals surface area contributed by atoms with Gasteiger partial charge in [0.05, 0.1) is 36.1 Å². The van der Waals surface area contributed by atoms with E-state index in [1.54, 1.807) is 18.2 Å². The van der Waals surface area contributed by atoms with Crippen molar-refractivity contribution in [3.8, 4) is 0 Å². The number of nitrogens with one attached hydrogen (secondary N) is 1. The van der Waals surface area contributed by atoms with E-state index in [1.165, 1.54) is 18.0 Å². The highest BCUT2D eigenvalue weighted by atomic mass is 35.5. The molecule has 1 N–H and O–H groups in total. The molecule has 0 aliphatic carbocycles. The van der Waals surface area contributed by atoms with E-state index < -0.39 is 11.9 Å². The number of carbonyl (C=O) groups is 2. The predicted octanol–water partition coefficient (Wildman–Crippen LogP) is 4.28. The third-order valence-corrected chi connectivity index (χ3v) is 5.77. The number of furan rings is 1. The van der Waals surface area contributed by atoms with E-state index in [-0.39, 0.29) is 18.9 Å². The minimum absolute atomic E-state index is 0.0251. The highest BCUT2D eigenvalue weighted by molar-refractivity contribution is 7.99. The van der Waals surface area contributed by atoms with Gasteiger partial charge in [0.1, 0.15) is 5.76 Å². The number of hydrogen-bond acceptors (Lipinski definition) is 6. The fourth-order valence-electron chi connectivity index (χ4n) is 3.07. The molecule has 7 nitrogen and oxygen atoms in total. The topological polar surface area (TPSA) is 86.4 Å². The van der Waals surface area contributed by atoms with Gasteiger partial charge in [0, 0.05) is 5.02 Å². The zero-order valence-corrected chi connectivity index (χ0v) is 18.6. The van der Waals surface area contributed by atoms with Crippen LogP contribution in [0.15, 0.2) is 76.5 Å². The first kappa shape index (κ1) is 22.0. The molecule has 0 aliphatic heterocycles. The lowest BCUT2D eigenvalue weighted by molar-refractivity contribution is -0.146. The number of carbonyl (C=O) groups excluding carboxylic acids is 2. The summed E-state index contributed by atoms with van der Waals surface area (Å²) in [4.78, 5) is 28.7. The highest BCUT2D eigenvalue weighted by Gasteiger charge is 2.15. The average molecular weight is 470 g/mol. The van der Waals surface area contributed by atoms with Gasteiger partial charge in [0.25, 0.3) is 5.91 Å². The number of halogens is 1. The minimum Gasteiger partial charge on any atom is -0.467 e. The zero-order chi connectivity index (χ0) is 22.3. The summed E-state index contributed by atoms with van der Waals surface area (Å²) in [5, 5.41) is 3.90. The van der Waals surface area contributed by atoms with Crippen LogP contribution in [-0.4, -0.2) is 33.8 Å². The number of fused-ring (bicyclic) bond motifs is 1. The Bertz CT molecular complexity index is 1210. The monoisotopic (exact) mass is 469 g/mol. The molecule has 164 valence electrons. The van der Waals surface area contributed by atoms with Crippen LogP contribution in [0.4, 0.5) is 0 Å². The fourth-order valence-corrected chi connectivity index (χ4v) is 4.05. The quantitative estimate of drug-likeness (QED) is 0.291. The Morgan fingerprint density at radius 2 is 1.97 bits per heavy atom. The van der Waals surface area contributed by atoms with Gasteiger partial charge < -0.3 is 19.0 Å². The van der Waals surface area contributed by atoms with E-state index in [0.717, 1.165) is 16.6 Å². The Kier molecular flexibility index (Phi) is 7.14. The Labute approximate surface area is 193 Å². The van der Waals surface area contributed by atoms with E-state index in [4.69, 9.17) is 20.8 Å². The summed E-state index contributed by atoms with van der Waals surface area (Å²) in [7, 11) is 0. The SMILES string of the molecule is O=C(COC(=O)CSc1nc2cc(Cl)ccc2n1Cc1ccccc1)NCc1ccco1.